The first-order chi connectivity index (χ1) is 10.2. The normalized spacial score (nSPS) is 10.4. The summed E-state index contributed by atoms with van der Waals surface area (Å²) in [5.74, 6) is 6.64. The maximum atomic E-state index is 5.51. The van der Waals surface area contributed by atoms with Crippen molar-refractivity contribution < 1.29 is 4.74 Å². The van der Waals surface area contributed by atoms with E-state index >= 15 is 0 Å². The lowest BCUT2D eigenvalue weighted by atomic mass is 10.3. The lowest BCUT2D eigenvalue weighted by Gasteiger charge is -2.04. The highest BCUT2D eigenvalue weighted by molar-refractivity contribution is 5.37. The van der Waals surface area contributed by atoms with E-state index in [4.69, 9.17) is 10.6 Å². The second kappa shape index (κ2) is 5.55. The van der Waals surface area contributed by atoms with Gasteiger partial charge in [0.25, 0.3) is 0 Å². The Balaban J connectivity index is 1.83. The summed E-state index contributed by atoms with van der Waals surface area (Å²) in [5, 5.41) is 4.23. The summed E-state index contributed by atoms with van der Waals surface area (Å²) < 4.78 is 7.13. The lowest BCUT2D eigenvalue weighted by molar-refractivity contribution is 0.422. The number of aromatic nitrogens is 5. The van der Waals surface area contributed by atoms with E-state index in [1.54, 1.807) is 24.0 Å². The fourth-order valence-electron chi connectivity index (χ4n) is 1.76. The van der Waals surface area contributed by atoms with Crippen LogP contribution < -0.4 is 16.0 Å². The van der Waals surface area contributed by atoms with E-state index in [2.05, 4.69) is 25.5 Å². The Hall–Kier alpha value is -3.00. The zero-order valence-corrected chi connectivity index (χ0v) is 11.3. The summed E-state index contributed by atoms with van der Waals surface area (Å²) in [6.07, 6.45) is 1.57. The number of nitrogens with zero attached hydrogens (tertiary/aromatic N) is 5. The fraction of sp³-hybridized carbons (Fsp3) is 0.0769. The highest BCUT2D eigenvalue weighted by Gasteiger charge is 2.08. The van der Waals surface area contributed by atoms with Gasteiger partial charge < -0.3 is 10.2 Å². The maximum absolute atomic E-state index is 5.51. The van der Waals surface area contributed by atoms with Crippen LogP contribution in [0.1, 0.15) is 5.82 Å². The van der Waals surface area contributed by atoms with E-state index in [9.17, 15) is 0 Å². The number of nitrogens with two attached hydrogens (primary N) is 1. The van der Waals surface area contributed by atoms with Gasteiger partial charge in [0.2, 0.25) is 5.88 Å². The van der Waals surface area contributed by atoms with E-state index in [-0.39, 0.29) is 6.01 Å². The van der Waals surface area contributed by atoms with E-state index in [1.807, 2.05) is 30.3 Å². The number of para-hydroxylation sites is 1. The van der Waals surface area contributed by atoms with Crippen LogP contribution in [-0.2, 0) is 0 Å². The number of rotatable bonds is 4. The second-order valence-electron chi connectivity index (χ2n) is 4.19. The molecule has 0 radical (unpaired) electrons. The highest BCUT2D eigenvalue weighted by atomic mass is 16.5. The first kappa shape index (κ1) is 13.0. The number of hydrazine groups is 1. The van der Waals surface area contributed by atoms with Crippen LogP contribution in [0.3, 0.4) is 0 Å². The molecule has 8 nitrogen and oxygen atoms in total. The molecule has 0 aliphatic rings. The minimum Gasteiger partial charge on any atom is -0.404 e. The number of aryl methyl sites for hydroxylation is 1. The minimum absolute atomic E-state index is 0.194. The molecule has 8 heteroatoms. The summed E-state index contributed by atoms with van der Waals surface area (Å²) in [6, 6.07) is 11.4. The van der Waals surface area contributed by atoms with Crippen molar-refractivity contribution in [3.63, 3.8) is 0 Å². The van der Waals surface area contributed by atoms with Gasteiger partial charge in [-0.25, -0.2) is 15.5 Å². The van der Waals surface area contributed by atoms with Crippen LogP contribution in [-0.4, -0.2) is 24.7 Å². The molecule has 0 unspecified atom stereocenters. The number of hydrogen-bond donors (Lipinski definition) is 2. The number of hydrogen-bond acceptors (Lipinski definition) is 7. The Morgan fingerprint density at radius 3 is 2.76 bits per heavy atom. The van der Waals surface area contributed by atoms with Crippen LogP contribution in [0.2, 0.25) is 0 Å². The third-order valence-corrected chi connectivity index (χ3v) is 2.65. The standard InChI is InChI=1S/C13H13N7O/c1-9-16-11(18-14)7-12(17-9)21-13-15-8-20(19-13)10-5-3-2-4-6-10/h2-8H,14H2,1H3,(H,16,17,18). The Morgan fingerprint density at radius 2 is 2.00 bits per heavy atom. The molecule has 3 aromatic rings. The van der Waals surface area contributed by atoms with Gasteiger partial charge >= 0.3 is 6.01 Å². The van der Waals surface area contributed by atoms with Gasteiger partial charge in [-0.15, -0.1) is 5.10 Å². The molecule has 106 valence electrons. The quantitative estimate of drug-likeness (QED) is 0.551. The van der Waals surface area contributed by atoms with Crippen LogP contribution in [0.25, 0.3) is 5.69 Å². The van der Waals surface area contributed by atoms with Gasteiger partial charge in [0.1, 0.15) is 18.0 Å². The number of benzene rings is 1. The largest absolute Gasteiger partial charge is 0.404 e. The third kappa shape index (κ3) is 2.95. The topological polar surface area (TPSA) is 104 Å². The van der Waals surface area contributed by atoms with Gasteiger partial charge in [-0.05, 0) is 19.1 Å². The summed E-state index contributed by atoms with van der Waals surface area (Å²) in [5.41, 5.74) is 3.34. The smallest absolute Gasteiger partial charge is 0.342 e. The average Bonchev–Trinajstić information content (AvgIpc) is 2.96. The first-order valence-corrected chi connectivity index (χ1v) is 6.22. The molecule has 2 aromatic heterocycles. The minimum atomic E-state index is 0.194. The van der Waals surface area contributed by atoms with E-state index in [1.165, 1.54) is 0 Å². The first-order valence-electron chi connectivity index (χ1n) is 6.22. The fourth-order valence-corrected chi connectivity index (χ4v) is 1.76. The van der Waals surface area contributed by atoms with Gasteiger partial charge in [-0.1, -0.05) is 18.2 Å². The van der Waals surface area contributed by atoms with Gasteiger partial charge in [-0.3, -0.25) is 0 Å². The molecule has 0 amide bonds. The molecular weight excluding hydrogens is 270 g/mol. The van der Waals surface area contributed by atoms with Crippen LogP contribution in [0.4, 0.5) is 5.82 Å². The van der Waals surface area contributed by atoms with Crippen molar-refractivity contribution in [3.8, 4) is 17.6 Å². The molecular formula is C13H13N7O. The molecule has 1 aromatic carbocycles. The SMILES string of the molecule is Cc1nc(NN)cc(Oc2ncn(-c3ccccc3)n2)n1. The third-order valence-electron chi connectivity index (χ3n) is 2.65. The van der Waals surface area contributed by atoms with Crippen LogP contribution >= 0.6 is 0 Å². The van der Waals surface area contributed by atoms with E-state index < -0.39 is 0 Å². The van der Waals surface area contributed by atoms with Crippen molar-refractivity contribution >= 4 is 5.82 Å². The van der Waals surface area contributed by atoms with Crippen LogP contribution in [0.15, 0.2) is 42.7 Å². The molecule has 0 spiro atoms. The predicted octanol–water partition coefficient (Wildman–Crippen LogP) is 1.44. The van der Waals surface area contributed by atoms with Crippen molar-refractivity contribution in [1.29, 1.82) is 0 Å². The molecule has 3 rings (SSSR count). The van der Waals surface area contributed by atoms with Crippen molar-refractivity contribution in [1.82, 2.24) is 24.7 Å². The predicted molar refractivity (Wildman–Crippen MR) is 76.0 cm³/mol. The lowest BCUT2D eigenvalue weighted by Crippen LogP contribution is -2.10. The van der Waals surface area contributed by atoms with Crippen molar-refractivity contribution in [2.75, 3.05) is 5.43 Å². The van der Waals surface area contributed by atoms with E-state index in [0.717, 1.165) is 5.69 Å². The molecule has 0 atom stereocenters. The highest BCUT2D eigenvalue weighted by Crippen LogP contribution is 2.18. The Bertz CT molecular complexity index is 741. The number of ether oxygens (including phenoxy) is 1. The monoisotopic (exact) mass is 283 g/mol. The van der Waals surface area contributed by atoms with Gasteiger partial charge in [0.15, 0.2) is 0 Å². The molecule has 21 heavy (non-hydrogen) atoms. The Labute approximate surface area is 120 Å². The average molecular weight is 283 g/mol. The van der Waals surface area contributed by atoms with Crippen LogP contribution in [0, 0.1) is 6.92 Å². The number of anilines is 1. The number of nitrogen functional groups attached to an aromatic ring is 1. The summed E-state index contributed by atoms with van der Waals surface area (Å²) in [6.45, 7) is 1.74. The Kier molecular flexibility index (Phi) is 3.44. The molecule has 0 saturated carbocycles. The zero-order chi connectivity index (χ0) is 14.7. The zero-order valence-electron chi connectivity index (χ0n) is 11.3. The van der Waals surface area contributed by atoms with Crippen molar-refractivity contribution in [2.24, 2.45) is 5.84 Å². The van der Waals surface area contributed by atoms with Crippen molar-refractivity contribution in [3.05, 3.63) is 48.5 Å². The molecule has 0 saturated heterocycles. The van der Waals surface area contributed by atoms with Gasteiger partial charge in [0, 0.05) is 6.07 Å². The molecule has 0 aliphatic heterocycles. The molecule has 3 N–H and O–H groups in total. The maximum Gasteiger partial charge on any atom is 0.342 e. The van der Waals surface area contributed by atoms with Gasteiger partial charge in [0.05, 0.1) is 5.69 Å². The summed E-state index contributed by atoms with van der Waals surface area (Å²) in [7, 11) is 0. The summed E-state index contributed by atoms with van der Waals surface area (Å²) >= 11 is 0. The van der Waals surface area contributed by atoms with Gasteiger partial charge in [-0.2, -0.15) is 9.97 Å². The Morgan fingerprint density at radius 1 is 1.19 bits per heavy atom. The number of nitrogens with one attached hydrogen (secondary N) is 1. The molecule has 2 heterocycles. The second-order valence-corrected chi connectivity index (χ2v) is 4.19. The van der Waals surface area contributed by atoms with Crippen LogP contribution in [0.5, 0.6) is 11.9 Å². The van der Waals surface area contributed by atoms with E-state index in [0.29, 0.717) is 17.5 Å². The molecule has 0 bridgehead atoms. The van der Waals surface area contributed by atoms with Crippen molar-refractivity contribution in [2.45, 2.75) is 6.92 Å². The summed E-state index contributed by atoms with van der Waals surface area (Å²) in [4.78, 5) is 12.3. The molecule has 0 fully saturated rings. The molecule has 0 aliphatic carbocycles.